The molecule has 92 valence electrons. The lowest BCUT2D eigenvalue weighted by atomic mass is 9.99. The fourth-order valence-corrected chi connectivity index (χ4v) is 2.12. The van der Waals surface area contributed by atoms with Crippen LogP contribution in [-0.4, -0.2) is 28.4 Å². The second-order valence-electron chi connectivity index (χ2n) is 4.37. The number of furan rings is 1. The van der Waals surface area contributed by atoms with E-state index in [4.69, 9.17) is 9.52 Å². The summed E-state index contributed by atoms with van der Waals surface area (Å²) in [6.07, 6.45) is 3.20. The van der Waals surface area contributed by atoms with Crippen LogP contribution in [0.5, 0.6) is 0 Å². The molecule has 0 aliphatic carbocycles. The molecule has 1 aliphatic rings. The van der Waals surface area contributed by atoms with E-state index in [9.17, 15) is 9.59 Å². The van der Waals surface area contributed by atoms with Gasteiger partial charge in [-0.05, 0) is 18.9 Å². The summed E-state index contributed by atoms with van der Waals surface area (Å²) >= 11 is 0. The summed E-state index contributed by atoms with van der Waals surface area (Å²) in [6.45, 7) is 2.81. The third kappa shape index (κ3) is 2.33. The minimum atomic E-state index is -1.02. The third-order valence-corrected chi connectivity index (χ3v) is 3.11. The number of hydrogen-bond acceptors (Lipinski definition) is 3. The maximum Gasteiger partial charge on any atom is 0.339 e. The van der Waals surface area contributed by atoms with Crippen molar-refractivity contribution in [3.05, 3.63) is 23.7 Å². The van der Waals surface area contributed by atoms with Crippen LogP contribution in [0.25, 0.3) is 0 Å². The average Bonchev–Trinajstić information content (AvgIpc) is 2.73. The molecule has 0 aromatic carbocycles. The second kappa shape index (κ2) is 4.61. The van der Waals surface area contributed by atoms with Gasteiger partial charge in [-0.15, -0.1) is 0 Å². The number of carbonyl (C=O) groups is 2. The molecule has 1 aromatic heterocycles. The Morgan fingerprint density at radius 1 is 1.65 bits per heavy atom. The lowest BCUT2D eigenvalue weighted by Gasteiger charge is -2.30. The molecule has 1 unspecified atom stereocenters. The number of nitrogens with zero attached hydrogens (tertiary/aromatic N) is 1. The number of likely N-dealkylation sites (tertiary alicyclic amines) is 1. The molecule has 1 N–H and O–H groups in total. The lowest BCUT2D eigenvalue weighted by molar-refractivity contribution is -0.138. The third-order valence-electron chi connectivity index (χ3n) is 3.11. The molecule has 2 rings (SSSR count). The molecule has 0 spiro atoms. The molecule has 1 amide bonds. The van der Waals surface area contributed by atoms with Crippen LogP contribution < -0.4 is 0 Å². The van der Waals surface area contributed by atoms with Crippen molar-refractivity contribution in [2.24, 2.45) is 5.92 Å². The number of piperidine rings is 1. The Morgan fingerprint density at radius 2 is 2.41 bits per heavy atom. The van der Waals surface area contributed by atoms with Gasteiger partial charge in [-0.25, -0.2) is 4.79 Å². The van der Waals surface area contributed by atoms with E-state index in [2.05, 4.69) is 0 Å². The summed E-state index contributed by atoms with van der Waals surface area (Å²) in [4.78, 5) is 24.4. The number of aromatic carboxylic acids is 1. The molecule has 1 fully saturated rings. The fourth-order valence-electron chi connectivity index (χ4n) is 2.12. The van der Waals surface area contributed by atoms with Gasteiger partial charge in [-0.1, -0.05) is 6.92 Å². The number of amides is 1. The first kappa shape index (κ1) is 11.7. The predicted molar refractivity (Wildman–Crippen MR) is 59.5 cm³/mol. The van der Waals surface area contributed by atoms with Crippen LogP contribution in [0.2, 0.25) is 0 Å². The van der Waals surface area contributed by atoms with Crippen molar-refractivity contribution >= 4 is 11.9 Å². The maximum absolute atomic E-state index is 11.9. The van der Waals surface area contributed by atoms with E-state index in [0.29, 0.717) is 12.3 Å². The average molecular weight is 237 g/mol. The van der Waals surface area contributed by atoms with Gasteiger partial charge in [0.05, 0.1) is 12.8 Å². The molecule has 1 aromatic rings. The normalized spacial score (nSPS) is 20.6. The summed E-state index contributed by atoms with van der Waals surface area (Å²) in [5.41, 5.74) is 0.135. The summed E-state index contributed by atoms with van der Waals surface area (Å²) in [6, 6.07) is 1.41. The summed E-state index contributed by atoms with van der Waals surface area (Å²) in [5.74, 6) is -0.581. The van der Waals surface area contributed by atoms with Gasteiger partial charge in [-0.3, -0.25) is 4.79 Å². The molecular formula is C12H15NO4. The van der Waals surface area contributed by atoms with E-state index >= 15 is 0 Å². The van der Waals surface area contributed by atoms with Crippen molar-refractivity contribution in [1.29, 1.82) is 0 Å². The Morgan fingerprint density at radius 3 is 3.12 bits per heavy atom. The molecule has 5 heteroatoms. The molecule has 0 bridgehead atoms. The van der Waals surface area contributed by atoms with Gasteiger partial charge in [0, 0.05) is 12.5 Å². The lowest BCUT2D eigenvalue weighted by Crippen LogP contribution is -2.39. The highest BCUT2D eigenvalue weighted by molar-refractivity contribution is 5.88. The standard InChI is InChI=1S/C12H15NO4/c1-8-3-2-5-13(11(8)14)7-10-9(12(15)16)4-6-17-10/h4,6,8H,2-3,5,7H2,1H3,(H,15,16). The van der Waals surface area contributed by atoms with Gasteiger partial charge in [0.25, 0.3) is 0 Å². The Hall–Kier alpha value is -1.78. The van der Waals surface area contributed by atoms with E-state index in [0.717, 1.165) is 12.8 Å². The van der Waals surface area contributed by atoms with Crippen molar-refractivity contribution in [3.63, 3.8) is 0 Å². The van der Waals surface area contributed by atoms with Crippen molar-refractivity contribution < 1.29 is 19.1 Å². The molecule has 0 radical (unpaired) electrons. The Bertz CT molecular complexity index is 437. The van der Waals surface area contributed by atoms with Gasteiger partial charge >= 0.3 is 5.97 Å². The smallest absolute Gasteiger partial charge is 0.339 e. The number of carbonyl (C=O) groups excluding carboxylic acids is 1. The molecular weight excluding hydrogens is 222 g/mol. The highest BCUT2D eigenvalue weighted by atomic mass is 16.4. The zero-order valence-corrected chi connectivity index (χ0v) is 9.68. The van der Waals surface area contributed by atoms with E-state index in [1.807, 2.05) is 6.92 Å². The van der Waals surface area contributed by atoms with Crippen LogP contribution in [0.3, 0.4) is 0 Å². The van der Waals surface area contributed by atoms with Gasteiger partial charge in [0.2, 0.25) is 5.91 Å². The SMILES string of the molecule is CC1CCCN(Cc2occc2C(=O)O)C1=O. The Balaban J connectivity index is 2.12. The maximum atomic E-state index is 11.9. The summed E-state index contributed by atoms with van der Waals surface area (Å²) in [5, 5.41) is 8.94. The zero-order chi connectivity index (χ0) is 12.4. The highest BCUT2D eigenvalue weighted by Gasteiger charge is 2.27. The van der Waals surface area contributed by atoms with E-state index in [1.54, 1.807) is 4.90 Å². The van der Waals surface area contributed by atoms with E-state index < -0.39 is 5.97 Å². The molecule has 0 saturated carbocycles. The van der Waals surface area contributed by atoms with Crippen LogP contribution in [0.15, 0.2) is 16.7 Å². The number of hydrogen-bond donors (Lipinski definition) is 1. The van der Waals surface area contributed by atoms with Gasteiger partial charge < -0.3 is 14.4 Å². The first-order chi connectivity index (χ1) is 8.09. The van der Waals surface area contributed by atoms with Gasteiger partial charge in [0.1, 0.15) is 11.3 Å². The molecule has 1 saturated heterocycles. The fraction of sp³-hybridized carbons (Fsp3) is 0.500. The van der Waals surface area contributed by atoms with Gasteiger partial charge in [-0.2, -0.15) is 0 Å². The van der Waals surface area contributed by atoms with Crippen LogP contribution in [-0.2, 0) is 11.3 Å². The predicted octanol–water partition coefficient (Wildman–Crippen LogP) is 1.74. The van der Waals surface area contributed by atoms with Crippen LogP contribution in [0.4, 0.5) is 0 Å². The minimum absolute atomic E-state index is 0.0204. The quantitative estimate of drug-likeness (QED) is 0.869. The summed E-state index contributed by atoms with van der Waals surface area (Å²) in [7, 11) is 0. The van der Waals surface area contributed by atoms with Crippen molar-refractivity contribution in [3.8, 4) is 0 Å². The summed E-state index contributed by atoms with van der Waals surface area (Å²) < 4.78 is 5.14. The van der Waals surface area contributed by atoms with Gasteiger partial charge in [0.15, 0.2) is 0 Å². The zero-order valence-electron chi connectivity index (χ0n) is 9.68. The number of carboxylic acid groups (broad SMARTS) is 1. The monoisotopic (exact) mass is 237 g/mol. The topological polar surface area (TPSA) is 70.8 Å². The molecule has 5 nitrogen and oxygen atoms in total. The van der Waals surface area contributed by atoms with Crippen LogP contribution >= 0.6 is 0 Å². The second-order valence-corrected chi connectivity index (χ2v) is 4.37. The largest absolute Gasteiger partial charge is 0.478 e. The number of rotatable bonds is 3. The van der Waals surface area contributed by atoms with E-state index in [1.165, 1.54) is 12.3 Å². The van der Waals surface area contributed by atoms with Crippen molar-refractivity contribution in [1.82, 2.24) is 4.90 Å². The van der Waals surface area contributed by atoms with Crippen LogP contribution in [0.1, 0.15) is 35.9 Å². The number of carboxylic acids is 1. The molecule has 17 heavy (non-hydrogen) atoms. The highest BCUT2D eigenvalue weighted by Crippen LogP contribution is 2.21. The molecule has 1 aliphatic heterocycles. The van der Waals surface area contributed by atoms with Crippen molar-refractivity contribution in [2.45, 2.75) is 26.3 Å². The van der Waals surface area contributed by atoms with Crippen LogP contribution in [0, 0.1) is 5.92 Å². The minimum Gasteiger partial charge on any atom is -0.478 e. The first-order valence-electron chi connectivity index (χ1n) is 5.68. The first-order valence-corrected chi connectivity index (χ1v) is 5.68. The Kier molecular flexibility index (Phi) is 3.17. The molecule has 2 heterocycles. The van der Waals surface area contributed by atoms with E-state index in [-0.39, 0.29) is 23.9 Å². The molecule has 1 atom stereocenters. The Labute approximate surface area is 99.0 Å². The van der Waals surface area contributed by atoms with Crippen molar-refractivity contribution in [2.75, 3.05) is 6.54 Å².